The summed E-state index contributed by atoms with van der Waals surface area (Å²) in [5.41, 5.74) is 1.24. The van der Waals surface area contributed by atoms with E-state index in [1.807, 2.05) is 19.0 Å². The maximum Gasteiger partial charge on any atom is 0.241 e. The highest BCUT2D eigenvalue weighted by molar-refractivity contribution is 7.15. The van der Waals surface area contributed by atoms with Crippen LogP contribution in [0.5, 0.6) is 0 Å². The molecule has 0 spiro atoms. The molecule has 1 unspecified atom stereocenters. The molecule has 1 aromatic heterocycles. The molecule has 1 amide bonds. The number of carbonyl (C=O) groups is 1. The summed E-state index contributed by atoms with van der Waals surface area (Å²) in [7, 11) is 3.90. The Bertz CT molecular complexity index is 501. The molecule has 0 aromatic carbocycles. The third kappa shape index (κ3) is 2.54. The first-order valence-electron chi connectivity index (χ1n) is 7.35. The van der Waals surface area contributed by atoms with Crippen LogP contribution < -0.4 is 10.2 Å². The Labute approximate surface area is 124 Å². The van der Waals surface area contributed by atoms with Crippen LogP contribution in [0.4, 0.5) is 5.13 Å². The first-order chi connectivity index (χ1) is 9.69. The molecule has 1 aliphatic heterocycles. The van der Waals surface area contributed by atoms with Gasteiger partial charge in [0.15, 0.2) is 5.13 Å². The maximum absolute atomic E-state index is 12.0. The average molecular weight is 294 g/mol. The number of aromatic nitrogens is 1. The van der Waals surface area contributed by atoms with E-state index in [0.717, 1.165) is 31.1 Å². The minimum Gasteiger partial charge on any atom is -0.344 e. The number of aryl methyl sites for hydroxylation is 1. The number of rotatable bonds is 2. The third-order valence-electron chi connectivity index (χ3n) is 4.23. The quantitative estimate of drug-likeness (QED) is 0.896. The minimum atomic E-state index is 0.195. The van der Waals surface area contributed by atoms with Gasteiger partial charge in [-0.3, -0.25) is 4.79 Å². The second-order valence-corrected chi connectivity index (χ2v) is 6.64. The van der Waals surface area contributed by atoms with Crippen molar-refractivity contribution >= 4 is 22.4 Å². The van der Waals surface area contributed by atoms with E-state index in [2.05, 4.69) is 10.2 Å². The summed E-state index contributed by atoms with van der Waals surface area (Å²) in [4.78, 5) is 22.2. The number of nitrogens with zero attached hydrogens (tertiary/aromatic N) is 3. The van der Waals surface area contributed by atoms with E-state index in [1.54, 1.807) is 11.3 Å². The van der Waals surface area contributed by atoms with E-state index < -0.39 is 0 Å². The van der Waals surface area contributed by atoms with Crippen molar-refractivity contribution in [2.24, 2.45) is 0 Å². The van der Waals surface area contributed by atoms with Crippen LogP contribution in [0, 0.1) is 0 Å². The van der Waals surface area contributed by atoms with Crippen LogP contribution in [0.25, 0.3) is 0 Å². The molecule has 5 nitrogen and oxygen atoms in total. The van der Waals surface area contributed by atoms with Crippen molar-refractivity contribution in [1.29, 1.82) is 0 Å². The number of hydrogen-bond donors (Lipinski definition) is 1. The Morgan fingerprint density at radius 1 is 1.35 bits per heavy atom. The van der Waals surface area contributed by atoms with Crippen LogP contribution in [0.2, 0.25) is 0 Å². The lowest BCUT2D eigenvalue weighted by atomic mass is 9.98. The van der Waals surface area contributed by atoms with Gasteiger partial charge in [0, 0.05) is 31.1 Å². The Balaban J connectivity index is 1.84. The van der Waals surface area contributed by atoms with Crippen molar-refractivity contribution in [2.75, 3.05) is 38.6 Å². The molecular formula is C14H22N4OS. The second-order valence-electron chi connectivity index (χ2n) is 5.63. The number of fused-ring (bicyclic) bond motifs is 1. The fourth-order valence-electron chi connectivity index (χ4n) is 2.97. The highest BCUT2D eigenvalue weighted by Crippen LogP contribution is 2.37. The molecule has 6 heteroatoms. The molecular weight excluding hydrogens is 272 g/mol. The number of nitrogens with one attached hydrogen (secondary N) is 1. The topological polar surface area (TPSA) is 48.5 Å². The molecule has 1 N–H and O–H groups in total. The molecule has 110 valence electrons. The molecule has 1 atom stereocenters. The van der Waals surface area contributed by atoms with Crippen molar-refractivity contribution in [3.8, 4) is 0 Å². The van der Waals surface area contributed by atoms with Crippen LogP contribution in [-0.4, -0.2) is 49.5 Å². The van der Waals surface area contributed by atoms with Gasteiger partial charge in [-0.1, -0.05) is 11.3 Å². The monoisotopic (exact) mass is 294 g/mol. The van der Waals surface area contributed by atoms with E-state index in [1.165, 1.54) is 23.4 Å². The average Bonchev–Trinajstić information content (AvgIpc) is 2.82. The van der Waals surface area contributed by atoms with E-state index in [4.69, 9.17) is 4.98 Å². The molecule has 20 heavy (non-hydrogen) atoms. The number of thiazole rings is 1. The molecule has 0 radical (unpaired) electrons. The zero-order chi connectivity index (χ0) is 14.1. The first-order valence-corrected chi connectivity index (χ1v) is 8.16. The molecule has 3 rings (SSSR count). The SMILES string of the molecule is CNC1CCCc2nc(N3CCCN(C)C(=O)C3)sc21. The van der Waals surface area contributed by atoms with Gasteiger partial charge in [-0.15, -0.1) is 0 Å². The Morgan fingerprint density at radius 3 is 3.00 bits per heavy atom. The number of likely N-dealkylation sites (N-methyl/N-ethyl adjacent to an activating group) is 1. The van der Waals surface area contributed by atoms with Crippen molar-refractivity contribution in [2.45, 2.75) is 31.7 Å². The highest BCUT2D eigenvalue weighted by Gasteiger charge is 2.27. The zero-order valence-corrected chi connectivity index (χ0v) is 13.0. The Kier molecular flexibility index (Phi) is 3.94. The van der Waals surface area contributed by atoms with Crippen molar-refractivity contribution in [3.05, 3.63) is 10.6 Å². The van der Waals surface area contributed by atoms with Crippen molar-refractivity contribution in [1.82, 2.24) is 15.2 Å². The van der Waals surface area contributed by atoms with Gasteiger partial charge >= 0.3 is 0 Å². The summed E-state index contributed by atoms with van der Waals surface area (Å²) >= 11 is 1.77. The van der Waals surface area contributed by atoms with Crippen molar-refractivity contribution < 1.29 is 4.79 Å². The van der Waals surface area contributed by atoms with E-state index in [9.17, 15) is 4.79 Å². The third-order valence-corrected chi connectivity index (χ3v) is 5.50. The molecule has 1 fully saturated rings. The van der Waals surface area contributed by atoms with E-state index in [0.29, 0.717) is 12.6 Å². The number of anilines is 1. The molecule has 1 aromatic rings. The van der Waals surface area contributed by atoms with Gasteiger partial charge in [-0.05, 0) is 32.7 Å². The number of carbonyl (C=O) groups excluding carboxylic acids is 1. The van der Waals surface area contributed by atoms with Gasteiger partial charge < -0.3 is 15.1 Å². The minimum absolute atomic E-state index is 0.195. The molecule has 0 bridgehead atoms. The molecule has 2 heterocycles. The summed E-state index contributed by atoms with van der Waals surface area (Å²) in [6, 6.07) is 0.440. The standard InChI is InChI=1S/C14H22N4OS/c1-15-10-5-3-6-11-13(10)20-14(16-11)18-8-4-7-17(2)12(19)9-18/h10,15H,3-9H2,1-2H3. The molecule has 0 saturated carbocycles. The zero-order valence-electron chi connectivity index (χ0n) is 12.2. The largest absolute Gasteiger partial charge is 0.344 e. The Morgan fingerprint density at radius 2 is 2.20 bits per heavy atom. The lowest BCUT2D eigenvalue weighted by molar-refractivity contribution is -0.127. The first kappa shape index (κ1) is 13.8. The highest BCUT2D eigenvalue weighted by atomic mass is 32.1. The van der Waals surface area contributed by atoms with Gasteiger partial charge in [-0.25, -0.2) is 4.98 Å². The van der Waals surface area contributed by atoms with Gasteiger partial charge in [0.1, 0.15) is 0 Å². The summed E-state index contributed by atoms with van der Waals surface area (Å²) in [6.07, 6.45) is 4.48. The van der Waals surface area contributed by atoms with Gasteiger partial charge in [0.2, 0.25) is 5.91 Å². The molecule has 1 saturated heterocycles. The van der Waals surface area contributed by atoms with Crippen LogP contribution in [-0.2, 0) is 11.2 Å². The van der Waals surface area contributed by atoms with Crippen molar-refractivity contribution in [3.63, 3.8) is 0 Å². The van der Waals surface area contributed by atoms with Gasteiger partial charge in [-0.2, -0.15) is 0 Å². The van der Waals surface area contributed by atoms with Gasteiger partial charge in [0.05, 0.1) is 12.2 Å². The van der Waals surface area contributed by atoms with Gasteiger partial charge in [0.25, 0.3) is 0 Å². The lowest BCUT2D eigenvalue weighted by Crippen LogP contribution is -2.34. The summed E-state index contributed by atoms with van der Waals surface area (Å²) in [5.74, 6) is 0.195. The van der Waals surface area contributed by atoms with E-state index >= 15 is 0 Å². The fourth-order valence-corrected chi connectivity index (χ4v) is 4.25. The summed E-state index contributed by atoms with van der Waals surface area (Å²) in [6.45, 7) is 2.24. The summed E-state index contributed by atoms with van der Waals surface area (Å²) in [5, 5.41) is 4.41. The summed E-state index contributed by atoms with van der Waals surface area (Å²) < 4.78 is 0. The second kappa shape index (κ2) is 5.69. The smallest absolute Gasteiger partial charge is 0.241 e. The van der Waals surface area contributed by atoms with Crippen LogP contribution in [0.3, 0.4) is 0 Å². The predicted octanol–water partition coefficient (Wildman–Crippen LogP) is 1.41. The Hall–Kier alpha value is -1.14. The number of amides is 1. The fraction of sp³-hybridized carbons (Fsp3) is 0.714. The lowest BCUT2D eigenvalue weighted by Gasteiger charge is -2.20. The molecule has 1 aliphatic carbocycles. The predicted molar refractivity (Wildman–Crippen MR) is 81.3 cm³/mol. The van der Waals surface area contributed by atoms with Crippen LogP contribution >= 0.6 is 11.3 Å². The van der Waals surface area contributed by atoms with Crippen LogP contribution in [0.1, 0.15) is 35.9 Å². The maximum atomic E-state index is 12.0. The normalized spacial score (nSPS) is 23.7. The van der Waals surface area contributed by atoms with Crippen LogP contribution in [0.15, 0.2) is 0 Å². The number of hydrogen-bond acceptors (Lipinski definition) is 5. The van der Waals surface area contributed by atoms with E-state index in [-0.39, 0.29) is 5.91 Å². The molecule has 2 aliphatic rings.